The van der Waals surface area contributed by atoms with Crippen molar-refractivity contribution in [1.82, 2.24) is 9.88 Å². The van der Waals surface area contributed by atoms with Crippen LogP contribution in [0, 0.1) is 0 Å². The minimum Gasteiger partial charge on any atom is -0.480 e. The lowest BCUT2D eigenvalue weighted by atomic mass is 10.1. The van der Waals surface area contributed by atoms with Crippen molar-refractivity contribution in [1.29, 1.82) is 0 Å². The van der Waals surface area contributed by atoms with Gasteiger partial charge in [0.15, 0.2) is 0 Å². The molecule has 1 unspecified atom stereocenters. The van der Waals surface area contributed by atoms with Gasteiger partial charge in [-0.3, -0.25) is 14.7 Å². The van der Waals surface area contributed by atoms with E-state index >= 15 is 0 Å². The number of aliphatic carboxylic acids is 1. The Bertz CT molecular complexity index is 354. The molecule has 0 spiro atoms. The van der Waals surface area contributed by atoms with E-state index in [9.17, 15) is 9.90 Å². The quantitative estimate of drug-likeness (QED) is 0.768. The molecule has 1 aromatic heterocycles. The average molecular weight is 250 g/mol. The third-order valence-electron chi connectivity index (χ3n) is 3.10. The lowest BCUT2D eigenvalue weighted by molar-refractivity contribution is -0.143. The molecule has 100 valence electrons. The molecule has 0 aromatic carbocycles. The van der Waals surface area contributed by atoms with E-state index in [1.54, 1.807) is 6.20 Å². The molecule has 0 radical (unpaired) electrons. The van der Waals surface area contributed by atoms with Crippen LogP contribution in [0.15, 0.2) is 24.4 Å². The molecule has 0 aliphatic heterocycles. The molecule has 0 saturated heterocycles. The standard InChI is InChI=1S/C14H22N2O2/c1-3-4-8-13(14(17)18)16(2)11-9-12-7-5-6-10-15-12/h5-7,10,13H,3-4,8-9,11H2,1-2H3,(H,17,18). The zero-order valence-corrected chi connectivity index (χ0v) is 11.2. The second-order valence-electron chi connectivity index (χ2n) is 4.55. The highest BCUT2D eigenvalue weighted by atomic mass is 16.4. The minimum atomic E-state index is -0.730. The molecule has 1 heterocycles. The number of likely N-dealkylation sites (N-methyl/N-ethyl adjacent to an activating group) is 1. The molecule has 4 nitrogen and oxygen atoms in total. The second-order valence-corrected chi connectivity index (χ2v) is 4.55. The fourth-order valence-corrected chi connectivity index (χ4v) is 1.92. The molecule has 4 heteroatoms. The Morgan fingerprint density at radius 3 is 2.83 bits per heavy atom. The number of hydrogen-bond acceptors (Lipinski definition) is 3. The second kappa shape index (κ2) is 7.82. The molecule has 0 aliphatic rings. The fourth-order valence-electron chi connectivity index (χ4n) is 1.92. The predicted molar refractivity (Wildman–Crippen MR) is 71.5 cm³/mol. The first-order chi connectivity index (χ1) is 8.65. The van der Waals surface area contributed by atoms with E-state index in [4.69, 9.17) is 0 Å². The van der Waals surface area contributed by atoms with Gasteiger partial charge in [-0.1, -0.05) is 25.8 Å². The van der Waals surface area contributed by atoms with Crippen molar-refractivity contribution in [3.8, 4) is 0 Å². The number of carboxylic acids is 1. The fraction of sp³-hybridized carbons (Fsp3) is 0.571. The summed E-state index contributed by atoms with van der Waals surface area (Å²) >= 11 is 0. The van der Waals surface area contributed by atoms with Crippen LogP contribution < -0.4 is 0 Å². The number of hydrogen-bond donors (Lipinski definition) is 1. The van der Waals surface area contributed by atoms with Gasteiger partial charge in [-0.15, -0.1) is 0 Å². The molecule has 0 amide bonds. The maximum Gasteiger partial charge on any atom is 0.320 e. The van der Waals surface area contributed by atoms with Crippen molar-refractivity contribution in [3.63, 3.8) is 0 Å². The third-order valence-corrected chi connectivity index (χ3v) is 3.10. The summed E-state index contributed by atoms with van der Waals surface area (Å²) < 4.78 is 0. The SMILES string of the molecule is CCCCC(C(=O)O)N(C)CCc1ccccn1. The van der Waals surface area contributed by atoms with Crippen LogP contribution in [0.5, 0.6) is 0 Å². The van der Waals surface area contributed by atoms with E-state index in [0.717, 1.165) is 31.5 Å². The number of carboxylic acid groups (broad SMARTS) is 1. The lowest BCUT2D eigenvalue weighted by Gasteiger charge is -2.24. The van der Waals surface area contributed by atoms with Crippen LogP contribution in [0.4, 0.5) is 0 Å². The first-order valence-corrected chi connectivity index (χ1v) is 6.48. The molecule has 18 heavy (non-hydrogen) atoms. The van der Waals surface area contributed by atoms with Gasteiger partial charge in [-0.2, -0.15) is 0 Å². The molecule has 0 saturated carbocycles. The van der Waals surface area contributed by atoms with Crippen LogP contribution in [-0.2, 0) is 11.2 Å². The number of rotatable bonds is 8. The van der Waals surface area contributed by atoms with Gasteiger partial charge in [0.25, 0.3) is 0 Å². The topological polar surface area (TPSA) is 53.4 Å². The van der Waals surface area contributed by atoms with Crippen LogP contribution in [-0.4, -0.2) is 40.6 Å². The zero-order valence-electron chi connectivity index (χ0n) is 11.2. The van der Waals surface area contributed by atoms with E-state index in [-0.39, 0.29) is 6.04 Å². The van der Waals surface area contributed by atoms with Gasteiger partial charge in [0.2, 0.25) is 0 Å². The summed E-state index contributed by atoms with van der Waals surface area (Å²) in [5.74, 6) is -0.730. The van der Waals surface area contributed by atoms with Crippen molar-refractivity contribution in [3.05, 3.63) is 30.1 Å². The molecular weight excluding hydrogens is 228 g/mol. The Labute approximate surface area is 109 Å². The van der Waals surface area contributed by atoms with Crippen molar-refractivity contribution in [2.45, 2.75) is 38.6 Å². The summed E-state index contributed by atoms with van der Waals surface area (Å²) in [4.78, 5) is 17.4. The van der Waals surface area contributed by atoms with E-state index in [2.05, 4.69) is 11.9 Å². The molecular formula is C14H22N2O2. The molecule has 0 bridgehead atoms. The van der Waals surface area contributed by atoms with E-state index in [0.29, 0.717) is 6.42 Å². The van der Waals surface area contributed by atoms with Crippen molar-refractivity contribution in [2.75, 3.05) is 13.6 Å². The molecule has 1 N–H and O–H groups in total. The zero-order chi connectivity index (χ0) is 13.4. The maximum absolute atomic E-state index is 11.2. The van der Waals surface area contributed by atoms with Crippen LogP contribution in [0.2, 0.25) is 0 Å². The van der Waals surface area contributed by atoms with E-state index in [1.165, 1.54) is 0 Å². The van der Waals surface area contributed by atoms with Crippen LogP contribution in [0.1, 0.15) is 31.9 Å². The highest BCUT2D eigenvalue weighted by molar-refractivity contribution is 5.73. The summed E-state index contributed by atoms with van der Waals surface area (Å²) in [5, 5.41) is 9.21. The Hall–Kier alpha value is -1.42. The maximum atomic E-state index is 11.2. The van der Waals surface area contributed by atoms with Crippen molar-refractivity contribution >= 4 is 5.97 Å². The highest BCUT2D eigenvalue weighted by Gasteiger charge is 2.21. The summed E-state index contributed by atoms with van der Waals surface area (Å²) in [6.45, 7) is 2.80. The summed E-state index contributed by atoms with van der Waals surface area (Å²) in [6, 6.07) is 5.42. The summed E-state index contributed by atoms with van der Waals surface area (Å²) in [6.07, 6.45) is 5.24. The Morgan fingerprint density at radius 1 is 1.50 bits per heavy atom. The molecule has 1 rings (SSSR count). The Kier molecular flexibility index (Phi) is 6.36. The van der Waals surface area contributed by atoms with Gasteiger partial charge < -0.3 is 5.11 Å². The largest absolute Gasteiger partial charge is 0.480 e. The van der Waals surface area contributed by atoms with Crippen LogP contribution in [0.25, 0.3) is 0 Å². The molecule has 1 aromatic rings. The first-order valence-electron chi connectivity index (χ1n) is 6.48. The summed E-state index contributed by atoms with van der Waals surface area (Å²) in [5.41, 5.74) is 1.00. The number of carbonyl (C=O) groups is 1. The van der Waals surface area contributed by atoms with Gasteiger partial charge >= 0.3 is 5.97 Å². The Balaban J connectivity index is 2.46. The molecule has 0 aliphatic carbocycles. The van der Waals surface area contributed by atoms with Crippen molar-refractivity contribution < 1.29 is 9.90 Å². The lowest BCUT2D eigenvalue weighted by Crippen LogP contribution is -2.39. The Morgan fingerprint density at radius 2 is 2.28 bits per heavy atom. The minimum absolute atomic E-state index is 0.381. The van der Waals surface area contributed by atoms with Gasteiger partial charge in [-0.05, 0) is 25.6 Å². The molecule has 1 atom stereocenters. The van der Waals surface area contributed by atoms with Crippen LogP contribution in [0.3, 0.4) is 0 Å². The van der Waals surface area contributed by atoms with Gasteiger partial charge in [0.05, 0.1) is 0 Å². The normalized spacial score (nSPS) is 12.6. The van der Waals surface area contributed by atoms with E-state index < -0.39 is 5.97 Å². The number of nitrogens with zero attached hydrogens (tertiary/aromatic N) is 2. The van der Waals surface area contributed by atoms with Crippen LogP contribution >= 0.6 is 0 Å². The number of pyridine rings is 1. The third kappa shape index (κ3) is 4.84. The predicted octanol–water partition coefficient (Wildman–Crippen LogP) is 2.20. The molecule has 0 fully saturated rings. The van der Waals surface area contributed by atoms with Gasteiger partial charge in [0, 0.05) is 24.9 Å². The smallest absolute Gasteiger partial charge is 0.320 e. The monoisotopic (exact) mass is 250 g/mol. The number of aromatic nitrogens is 1. The van der Waals surface area contributed by atoms with Crippen molar-refractivity contribution in [2.24, 2.45) is 0 Å². The van der Waals surface area contributed by atoms with E-state index in [1.807, 2.05) is 30.1 Å². The summed E-state index contributed by atoms with van der Waals surface area (Å²) in [7, 11) is 1.87. The first kappa shape index (κ1) is 14.6. The van der Waals surface area contributed by atoms with Gasteiger partial charge in [0.1, 0.15) is 6.04 Å². The highest BCUT2D eigenvalue weighted by Crippen LogP contribution is 2.08. The average Bonchev–Trinajstić information content (AvgIpc) is 2.37. The number of unbranched alkanes of at least 4 members (excludes halogenated alkanes) is 1. The van der Waals surface area contributed by atoms with Gasteiger partial charge in [-0.25, -0.2) is 0 Å².